The summed E-state index contributed by atoms with van der Waals surface area (Å²) in [5, 5.41) is 2.82. The van der Waals surface area contributed by atoms with Gasteiger partial charge in [-0.2, -0.15) is 0 Å². The van der Waals surface area contributed by atoms with E-state index < -0.39 is 6.04 Å². The largest absolute Gasteiger partial charge is 0.439 e. The summed E-state index contributed by atoms with van der Waals surface area (Å²) < 4.78 is 5.64. The van der Waals surface area contributed by atoms with E-state index in [1.54, 1.807) is 30.5 Å². The molecule has 2 aromatic rings. The standard InChI is InChI=1S/C17H21N3O2/c1-3-12(2)16(18)17(21)20-13-7-6-8-14(11-13)22-15-9-4-5-10-19-15/h4-12,16H,3,18H2,1-2H3,(H,20,21). The minimum absolute atomic E-state index is 0.132. The molecule has 0 aliphatic rings. The Bertz CT molecular complexity index is 616. The summed E-state index contributed by atoms with van der Waals surface area (Å²) in [5.41, 5.74) is 6.58. The molecule has 0 saturated carbocycles. The highest BCUT2D eigenvalue weighted by Crippen LogP contribution is 2.22. The van der Waals surface area contributed by atoms with E-state index >= 15 is 0 Å². The Morgan fingerprint density at radius 1 is 1.32 bits per heavy atom. The van der Waals surface area contributed by atoms with E-state index in [9.17, 15) is 4.79 Å². The average Bonchev–Trinajstić information content (AvgIpc) is 2.54. The third kappa shape index (κ3) is 4.30. The molecule has 22 heavy (non-hydrogen) atoms. The highest BCUT2D eigenvalue weighted by molar-refractivity contribution is 5.95. The SMILES string of the molecule is CCC(C)C(N)C(=O)Nc1cccc(Oc2ccccn2)c1. The first-order valence-corrected chi connectivity index (χ1v) is 7.35. The fourth-order valence-electron chi connectivity index (χ4n) is 1.90. The summed E-state index contributed by atoms with van der Waals surface area (Å²) in [6.45, 7) is 3.98. The topological polar surface area (TPSA) is 77.2 Å². The molecule has 1 aromatic carbocycles. The van der Waals surface area contributed by atoms with E-state index in [2.05, 4.69) is 10.3 Å². The number of amides is 1. The van der Waals surface area contributed by atoms with Crippen LogP contribution in [0.4, 0.5) is 5.69 Å². The number of hydrogen-bond donors (Lipinski definition) is 2. The number of pyridine rings is 1. The summed E-state index contributed by atoms with van der Waals surface area (Å²) in [4.78, 5) is 16.2. The lowest BCUT2D eigenvalue weighted by Gasteiger charge is -2.18. The highest BCUT2D eigenvalue weighted by atomic mass is 16.5. The molecule has 2 rings (SSSR count). The van der Waals surface area contributed by atoms with Crippen LogP contribution in [-0.2, 0) is 4.79 Å². The Hall–Kier alpha value is -2.40. The zero-order valence-electron chi connectivity index (χ0n) is 12.8. The van der Waals surface area contributed by atoms with Crippen molar-refractivity contribution in [2.24, 2.45) is 11.7 Å². The molecule has 2 unspecified atom stereocenters. The number of nitrogens with zero attached hydrogens (tertiary/aromatic N) is 1. The molecule has 1 aromatic heterocycles. The quantitative estimate of drug-likeness (QED) is 0.858. The van der Waals surface area contributed by atoms with Gasteiger partial charge in [0, 0.05) is 24.0 Å². The summed E-state index contributed by atoms with van der Waals surface area (Å²) in [6, 6.07) is 12.1. The van der Waals surface area contributed by atoms with Crippen LogP contribution in [0.25, 0.3) is 0 Å². The fraction of sp³-hybridized carbons (Fsp3) is 0.294. The van der Waals surface area contributed by atoms with E-state index in [0.29, 0.717) is 17.3 Å². The zero-order valence-corrected chi connectivity index (χ0v) is 12.8. The second-order valence-electron chi connectivity index (χ2n) is 5.20. The average molecular weight is 299 g/mol. The third-order valence-electron chi connectivity index (χ3n) is 3.52. The van der Waals surface area contributed by atoms with Gasteiger partial charge in [-0.15, -0.1) is 0 Å². The number of nitrogens with two attached hydrogens (primary N) is 1. The predicted molar refractivity (Wildman–Crippen MR) is 86.8 cm³/mol. The second kappa shape index (κ2) is 7.56. The Balaban J connectivity index is 2.04. The lowest BCUT2D eigenvalue weighted by atomic mass is 9.99. The number of hydrogen-bond acceptors (Lipinski definition) is 4. The van der Waals surface area contributed by atoms with Crippen molar-refractivity contribution in [2.45, 2.75) is 26.3 Å². The van der Waals surface area contributed by atoms with E-state index in [1.165, 1.54) is 0 Å². The first kappa shape index (κ1) is 16.0. The van der Waals surface area contributed by atoms with Gasteiger partial charge in [-0.1, -0.05) is 32.4 Å². The van der Waals surface area contributed by atoms with Crippen molar-refractivity contribution in [1.29, 1.82) is 0 Å². The van der Waals surface area contributed by atoms with Crippen LogP contribution in [0.15, 0.2) is 48.7 Å². The Morgan fingerprint density at radius 3 is 2.82 bits per heavy atom. The maximum Gasteiger partial charge on any atom is 0.241 e. The summed E-state index contributed by atoms with van der Waals surface area (Å²) >= 11 is 0. The van der Waals surface area contributed by atoms with Crippen LogP contribution in [-0.4, -0.2) is 16.9 Å². The van der Waals surface area contributed by atoms with E-state index in [4.69, 9.17) is 10.5 Å². The van der Waals surface area contributed by atoms with Gasteiger partial charge >= 0.3 is 0 Å². The summed E-state index contributed by atoms with van der Waals surface area (Å²) in [7, 11) is 0. The number of ether oxygens (including phenoxy) is 1. The van der Waals surface area contributed by atoms with Crippen LogP contribution in [0.5, 0.6) is 11.6 Å². The van der Waals surface area contributed by atoms with Crippen LogP contribution < -0.4 is 15.8 Å². The van der Waals surface area contributed by atoms with Crippen molar-refractivity contribution >= 4 is 11.6 Å². The maximum atomic E-state index is 12.1. The van der Waals surface area contributed by atoms with Gasteiger partial charge in [-0.25, -0.2) is 4.98 Å². The van der Waals surface area contributed by atoms with Crippen LogP contribution in [0.3, 0.4) is 0 Å². The number of carbonyl (C=O) groups excluding carboxylic acids is 1. The first-order chi connectivity index (χ1) is 10.6. The molecule has 2 atom stereocenters. The number of rotatable bonds is 6. The van der Waals surface area contributed by atoms with E-state index in [1.807, 2.05) is 32.0 Å². The number of anilines is 1. The van der Waals surface area contributed by atoms with Crippen molar-refractivity contribution in [3.63, 3.8) is 0 Å². The molecule has 0 saturated heterocycles. The lowest BCUT2D eigenvalue weighted by molar-refractivity contribution is -0.118. The second-order valence-corrected chi connectivity index (χ2v) is 5.20. The highest BCUT2D eigenvalue weighted by Gasteiger charge is 2.19. The van der Waals surface area contributed by atoms with Crippen molar-refractivity contribution in [1.82, 2.24) is 4.98 Å². The van der Waals surface area contributed by atoms with Gasteiger partial charge in [0.15, 0.2) is 0 Å². The van der Waals surface area contributed by atoms with E-state index in [-0.39, 0.29) is 11.8 Å². The van der Waals surface area contributed by atoms with Gasteiger partial charge in [0.1, 0.15) is 5.75 Å². The van der Waals surface area contributed by atoms with Crippen LogP contribution >= 0.6 is 0 Å². The van der Waals surface area contributed by atoms with Gasteiger partial charge in [-0.3, -0.25) is 4.79 Å². The van der Waals surface area contributed by atoms with Crippen molar-refractivity contribution in [3.05, 3.63) is 48.7 Å². The van der Waals surface area contributed by atoms with Crippen molar-refractivity contribution in [2.75, 3.05) is 5.32 Å². The van der Waals surface area contributed by atoms with E-state index in [0.717, 1.165) is 6.42 Å². The molecule has 1 heterocycles. The number of aromatic nitrogens is 1. The van der Waals surface area contributed by atoms with Crippen molar-refractivity contribution in [3.8, 4) is 11.6 Å². The van der Waals surface area contributed by atoms with Gasteiger partial charge in [0.05, 0.1) is 6.04 Å². The fourth-order valence-corrected chi connectivity index (χ4v) is 1.90. The number of carbonyl (C=O) groups is 1. The normalized spacial score (nSPS) is 13.2. The number of benzene rings is 1. The van der Waals surface area contributed by atoms with Crippen LogP contribution in [0.1, 0.15) is 20.3 Å². The molecular weight excluding hydrogens is 278 g/mol. The molecular formula is C17H21N3O2. The summed E-state index contributed by atoms with van der Waals surface area (Å²) in [6.07, 6.45) is 2.52. The molecule has 116 valence electrons. The monoisotopic (exact) mass is 299 g/mol. The smallest absolute Gasteiger partial charge is 0.241 e. The molecule has 5 heteroatoms. The minimum Gasteiger partial charge on any atom is -0.439 e. The Labute approximate surface area is 130 Å². The third-order valence-corrected chi connectivity index (χ3v) is 3.52. The molecule has 0 aliphatic heterocycles. The molecule has 0 aliphatic carbocycles. The Morgan fingerprint density at radius 2 is 2.14 bits per heavy atom. The molecule has 1 amide bonds. The lowest BCUT2D eigenvalue weighted by Crippen LogP contribution is -2.40. The van der Waals surface area contributed by atoms with Crippen LogP contribution in [0, 0.1) is 5.92 Å². The van der Waals surface area contributed by atoms with Gasteiger partial charge < -0.3 is 15.8 Å². The molecule has 0 radical (unpaired) electrons. The first-order valence-electron chi connectivity index (χ1n) is 7.35. The molecule has 3 N–H and O–H groups in total. The van der Waals surface area contributed by atoms with Crippen molar-refractivity contribution < 1.29 is 9.53 Å². The van der Waals surface area contributed by atoms with Gasteiger partial charge in [0.25, 0.3) is 0 Å². The van der Waals surface area contributed by atoms with Crippen LogP contribution in [0.2, 0.25) is 0 Å². The van der Waals surface area contributed by atoms with Gasteiger partial charge in [0.2, 0.25) is 11.8 Å². The zero-order chi connectivity index (χ0) is 15.9. The van der Waals surface area contributed by atoms with Gasteiger partial charge in [-0.05, 0) is 24.1 Å². The predicted octanol–water partition coefficient (Wildman–Crippen LogP) is 3.19. The molecule has 0 fully saturated rings. The Kier molecular flexibility index (Phi) is 5.49. The molecule has 5 nitrogen and oxygen atoms in total. The summed E-state index contributed by atoms with van der Waals surface area (Å²) in [5.74, 6) is 1.05. The maximum absolute atomic E-state index is 12.1. The number of nitrogens with one attached hydrogen (secondary N) is 1. The minimum atomic E-state index is -0.523. The molecule has 0 spiro atoms. The molecule has 0 bridgehead atoms.